The second kappa shape index (κ2) is 18.1. The number of methoxy groups -OCH3 is 1. The minimum Gasteiger partial charge on any atom is -0.459 e. The Morgan fingerprint density at radius 3 is 2.17 bits per heavy atom. The lowest BCUT2D eigenvalue weighted by Crippen LogP contribution is -2.60. The second-order valence-electron chi connectivity index (χ2n) is 16.9. The number of carbonyl (C=O) groups is 1. The molecule has 3 heterocycles. The van der Waals surface area contributed by atoms with Crippen molar-refractivity contribution in [3.63, 3.8) is 0 Å². The van der Waals surface area contributed by atoms with Gasteiger partial charge in [0, 0.05) is 39.1 Å². The third-order valence-electron chi connectivity index (χ3n) is 12.2. The standard InChI is InChI=1S/C37H69N3O13/c1-14-26-37(10,46)30(42)23(6)39(11)18-19(2)16-35(8,45)32(53-34-28(41)25(40(12)38-47)15-20(3)49-34)21(4)29(22(5)33(44)51-26)52-27-17-36(9,48-13)31(43)24(7)50-27/h19-32,34,41-43,45-46H,14-18H2,1-13H3/t19-,20+,21+,22-,23+,24-,25-,26+,27-,28+,29+,30+,31-,32-,34-,35-,36+,37+/m0/s1. The normalized spacial score (nSPS) is 48.6. The summed E-state index contributed by atoms with van der Waals surface area (Å²) in [6.07, 6.45) is -9.65. The number of carbonyl (C=O) groups excluding carboxylic acids is 1. The van der Waals surface area contributed by atoms with Crippen molar-refractivity contribution in [2.24, 2.45) is 23.0 Å². The average Bonchev–Trinajstić information content (AvgIpc) is 3.09. The van der Waals surface area contributed by atoms with Gasteiger partial charge in [-0.05, 0) is 80.7 Å². The Kier molecular flexibility index (Phi) is 15.7. The molecule has 3 aliphatic heterocycles. The second-order valence-corrected chi connectivity index (χ2v) is 16.9. The predicted octanol–water partition coefficient (Wildman–Crippen LogP) is 1.95. The first kappa shape index (κ1) is 45.8. The van der Waals surface area contributed by atoms with Crippen LogP contribution in [-0.4, -0.2) is 159 Å². The number of esters is 1. The Balaban J connectivity index is 2.18. The maximum Gasteiger partial charge on any atom is 0.311 e. The minimum absolute atomic E-state index is 0.0936. The number of ether oxygens (including phenoxy) is 6. The first-order valence-corrected chi connectivity index (χ1v) is 19.1. The van der Waals surface area contributed by atoms with E-state index in [0.29, 0.717) is 13.0 Å². The highest BCUT2D eigenvalue weighted by Crippen LogP contribution is 2.40. The number of rotatable bonds is 8. The van der Waals surface area contributed by atoms with Gasteiger partial charge in [-0.25, -0.2) is 0 Å². The number of hydrogen-bond acceptors (Lipinski definition) is 15. The van der Waals surface area contributed by atoms with Gasteiger partial charge in [0.25, 0.3) is 0 Å². The van der Waals surface area contributed by atoms with E-state index in [-0.39, 0.29) is 25.2 Å². The van der Waals surface area contributed by atoms with Crippen LogP contribution in [0, 0.1) is 22.7 Å². The maximum absolute atomic E-state index is 14.2. The lowest BCUT2D eigenvalue weighted by atomic mass is 9.77. The zero-order valence-electron chi connectivity index (χ0n) is 34.0. The third-order valence-corrected chi connectivity index (χ3v) is 12.2. The van der Waals surface area contributed by atoms with Crippen molar-refractivity contribution in [2.45, 2.75) is 185 Å². The van der Waals surface area contributed by atoms with Crippen LogP contribution in [0.1, 0.15) is 94.9 Å². The van der Waals surface area contributed by atoms with E-state index < -0.39 is 108 Å². The highest BCUT2D eigenvalue weighted by molar-refractivity contribution is 5.73. The number of nitroso groups, excluding NO2 is 1. The fourth-order valence-corrected chi connectivity index (χ4v) is 8.65. The van der Waals surface area contributed by atoms with Gasteiger partial charge < -0.3 is 58.9 Å². The molecule has 310 valence electrons. The van der Waals surface area contributed by atoms with Gasteiger partial charge >= 0.3 is 5.97 Å². The first-order chi connectivity index (χ1) is 24.4. The summed E-state index contributed by atoms with van der Waals surface area (Å²) >= 11 is 0. The Morgan fingerprint density at radius 1 is 0.981 bits per heavy atom. The van der Waals surface area contributed by atoms with Crippen LogP contribution in [0.5, 0.6) is 0 Å². The van der Waals surface area contributed by atoms with E-state index in [9.17, 15) is 35.2 Å². The molecule has 0 radical (unpaired) electrons. The largest absolute Gasteiger partial charge is 0.459 e. The maximum atomic E-state index is 14.2. The van der Waals surface area contributed by atoms with Gasteiger partial charge in [0.2, 0.25) is 0 Å². The van der Waals surface area contributed by atoms with Crippen LogP contribution in [-0.2, 0) is 33.2 Å². The molecular formula is C37H69N3O13. The smallest absolute Gasteiger partial charge is 0.311 e. The first-order valence-electron chi connectivity index (χ1n) is 19.1. The number of hydrogen-bond donors (Lipinski definition) is 5. The average molecular weight is 764 g/mol. The lowest BCUT2D eigenvalue weighted by Gasteiger charge is -2.48. The van der Waals surface area contributed by atoms with Crippen LogP contribution in [0.4, 0.5) is 0 Å². The van der Waals surface area contributed by atoms with Gasteiger partial charge in [0.15, 0.2) is 12.6 Å². The van der Waals surface area contributed by atoms with Crippen molar-refractivity contribution in [2.75, 3.05) is 27.7 Å². The lowest BCUT2D eigenvalue weighted by molar-refractivity contribution is -0.318. The zero-order chi connectivity index (χ0) is 40.4. The summed E-state index contributed by atoms with van der Waals surface area (Å²) in [6, 6.07) is -1.31. The molecule has 0 unspecified atom stereocenters. The van der Waals surface area contributed by atoms with Gasteiger partial charge in [0.05, 0.1) is 52.9 Å². The number of aliphatic hydroxyl groups excluding tert-OH is 3. The molecule has 3 aliphatic rings. The van der Waals surface area contributed by atoms with Crippen LogP contribution in [0.15, 0.2) is 5.29 Å². The van der Waals surface area contributed by atoms with Crippen molar-refractivity contribution < 1.29 is 58.7 Å². The molecule has 0 aromatic carbocycles. The zero-order valence-corrected chi connectivity index (χ0v) is 34.0. The SMILES string of the molecule is CC[C@H]1OC(=O)[C@@H](C)[C@H](O[C@H]2C[C@@](C)(OC)[C@@H](O)[C@H](C)O2)[C@@H](C)[C@H](O[C@@H]2O[C@H](C)C[C@H](N(C)N=O)[C@H]2O)[C@@](C)(O)C[C@H](C)CN(C)[C@H](C)[C@@H](O)[C@]1(C)O. The highest BCUT2D eigenvalue weighted by Gasteiger charge is 2.52. The molecule has 53 heavy (non-hydrogen) atoms. The van der Waals surface area contributed by atoms with E-state index in [4.69, 9.17) is 28.4 Å². The number of cyclic esters (lactones) is 1. The fourth-order valence-electron chi connectivity index (χ4n) is 8.65. The van der Waals surface area contributed by atoms with E-state index in [0.717, 1.165) is 5.01 Å². The van der Waals surface area contributed by atoms with Crippen LogP contribution in [0.2, 0.25) is 0 Å². The summed E-state index contributed by atoms with van der Waals surface area (Å²) in [5, 5.41) is 62.1. The molecule has 0 aromatic rings. The summed E-state index contributed by atoms with van der Waals surface area (Å²) in [5.41, 5.74) is -4.53. The molecule has 0 spiro atoms. The predicted molar refractivity (Wildman–Crippen MR) is 194 cm³/mol. The molecule has 3 rings (SSSR count). The summed E-state index contributed by atoms with van der Waals surface area (Å²) in [4.78, 5) is 27.6. The Hall–Kier alpha value is -1.57. The van der Waals surface area contributed by atoms with Crippen molar-refractivity contribution in [3.05, 3.63) is 4.91 Å². The van der Waals surface area contributed by atoms with Crippen molar-refractivity contribution in [1.29, 1.82) is 0 Å². The molecule has 16 heteroatoms. The van der Waals surface area contributed by atoms with Crippen LogP contribution < -0.4 is 0 Å². The van der Waals surface area contributed by atoms with Gasteiger partial charge in [0.1, 0.15) is 30.0 Å². The molecular weight excluding hydrogens is 694 g/mol. The van der Waals surface area contributed by atoms with E-state index >= 15 is 0 Å². The summed E-state index contributed by atoms with van der Waals surface area (Å²) in [6.45, 7) is 17.5. The van der Waals surface area contributed by atoms with Crippen LogP contribution in [0.25, 0.3) is 0 Å². The highest BCUT2D eigenvalue weighted by atomic mass is 16.7. The molecule has 0 saturated carbocycles. The van der Waals surface area contributed by atoms with E-state index in [1.54, 1.807) is 55.4 Å². The number of nitrogens with zero attached hydrogens (tertiary/aromatic N) is 3. The molecule has 0 amide bonds. The number of aliphatic hydroxyl groups is 5. The van der Waals surface area contributed by atoms with E-state index in [2.05, 4.69) is 5.29 Å². The van der Waals surface area contributed by atoms with Crippen LogP contribution >= 0.6 is 0 Å². The molecule has 18 atom stereocenters. The monoisotopic (exact) mass is 763 g/mol. The summed E-state index contributed by atoms with van der Waals surface area (Å²) < 4.78 is 37.2. The topological polar surface area (TPSA) is 210 Å². The van der Waals surface area contributed by atoms with Crippen molar-refractivity contribution in [1.82, 2.24) is 9.91 Å². The summed E-state index contributed by atoms with van der Waals surface area (Å²) in [5.74, 6) is -2.83. The minimum atomic E-state index is -1.83. The van der Waals surface area contributed by atoms with E-state index in [1.807, 2.05) is 18.9 Å². The Labute approximate surface area is 315 Å². The fraction of sp³-hybridized carbons (Fsp3) is 0.973. The van der Waals surface area contributed by atoms with Crippen molar-refractivity contribution >= 4 is 5.97 Å². The third kappa shape index (κ3) is 10.2. The molecule has 16 nitrogen and oxygen atoms in total. The molecule has 3 saturated heterocycles. The van der Waals surface area contributed by atoms with Gasteiger partial charge in [-0.15, -0.1) is 4.91 Å². The molecule has 0 aromatic heterocycles. The van der Waals surface area contributed by atoms with Gasteiger partial charge in [-0.3, -0.25) is 9.80 Å². The van der Waals surface area contributed by atoms with E-state index in [1.165, 1.54) is 21.1 Å². The van der Waals surface area contributed by atoms with Gasteiger partial charge in [-0.2, -0.15) is 0 Å². The number of likely N-dealkylation sites (N-methyl/N-ethyl adjacent to an activating group) is 2. The molecule has 0 bridgehead atoms. The van der Waals surface area contributed by atoms with Crippen LogP contribution in [0.3, 0.4) is 0 Å². The van der Waals surface area contributed by atoms with Crippen molar-refractivity contribution in [3.8, 4) is 0 Å². The molecule has 3 fully saturated rings. The summed E-state index contributed by atoms with van der Waals surface area (Å²) in [7, 11) is 4.75. The molecule has 5 N–H and O–H groups in total. The molecule has 0 aliphatic carbocycles. The van der Waals surface area contributed by atoms with Gasteiger partial charge in [-0.1, -0.05) is 20.8 Å². The Morgan fingerprint density at radius 2 is 1.60 bits per heavy atom. The quantitative estimate of drug-likeness (QED) is 0.136. The Bertz CT molecular complexity index is 1200.